The van der Waals surface area contributed by atoms with Crippen molar-refractivity contribution in [3.05, 3.63) is 72.3 Å². The Morgan fingerprint density at radius 2 is 1.76 bits per heavy atom. The van der Waals surface area contributed by atoms with Crippen LogP contribution in [-0.2, 0) is 14.3 Å². The maximum absolute atomic E-state index is 13.1. The van der Waals surface area contributed by atoms with Gasteiger partial charge in [-0.05, 0) is 41.5 Å². The Morgan fingerprint density at radius 3 is 2.36 bits per heavy atom. The molecule has 4 rings (SSSR count). The van der Waals surface area contributed by atoms with Gasteiger partial charge in [-0.2, -0.15) is 0 Å². The average molecular weight is 449 g/mol. The highest BCUT2D eigenvalue weighted by atomic mass is 16.5. The van der Waals surface area contributed by atoms with Crippen LogP contribution in [-0.4, -0.2) is 53.2 Å². The molecule has 1 fully saturated rings. The standard InChI is InChI=1S/C26H28N2O5/c1-2-8-23(25(31)28-14-7-9-17(28)15-24(29)30)27-26(32)33-16-22-20-12-5-3-10-18(20)19-11-4-6-13-21(19)22/h2-6,10-13,17,22-23H,1,7-9,14-16H2,(H,27,32)(H,29,30)/t17-,23?/m0/s1. The fourth-order valence-electron chi connectivity index (χ4n) is 4.91. The summed E-state index contributed by atoms with van der Waals surface area (Å²) in [6.45, 7) is 4.32. The fourth-order valence-corrected chi connectivity index (χ4v) is 4.91. The number of amides is 2. The lowest BCUT2D eigenvalue weighted by molar-refractivity contribution is -0.140. The van der Waals surface area contributed by atoms with E-state index in [1.807, 2.05) is 36.4 Å². The molecular weight excluding hydrogens is 420 g/mol. The minimum Gasteiger partial charge on any atom is -0.481 e. The van der Waals surface area contributed by atoms with Gasteiger partial charge in [0.1, 0.15) is 12.6 Å². The minimum atomic E-state index is -0.940. The fraction of sp³-hybridized carbons (Fsp3) is 0.346. The normalized spacial score (nSPS) is 17.7. The number of carboxylic acids is 1. The van der Waals surface area contributed by atoms with Crippen LogP contribution < -0.4 is 5.32 Å². The van der Waals surface area contributed by atoms with Crippen LogP contribution in [0.1, 0.15) is 42.7 Å². The summed E-state index contributed by atoms with van der Waals surface area (Å²) >= 11 is 0. The molecule has 1 saturated heterocycles. The highest BCUT2D eigenvalue weighted by Crippen LogP contribution is 2.44. The van der Waals surface area contributed by atoms with Gasteiger partial charge < -0.3 is 20.1 Å². The van der Waals surface area contributed by atoms with Gasteiger partial charge in [-0.3, -0.25) is 9.59 Å². The molecule has 2 aliphatic rings. The van der Waals surface area contributed by atoms with Crippen LogP contribution in [0.15, 0.2) is 61.2 Å². The number of benzene rings is 2. The summed E-state index contributed by atoms with van der Waals surface area (Å²) in [7, 11) is 0. The number of carbonyl (C=O) groups excluding carboxylic acids is 2. The summed E-state index contributed by atoms with van der Waals surface area (Å²) in [4.78, 5) is 38.4. The van der Waals surface area contributed by atoms with Crippen molar-refractivity contribution in [3.63, 3.8) is 0 Å². The molecule has 33 heavy (non-hydrogen) atoms. The van der Waals surface area contributed by atoms with E-state index in [0.717, 1.165) is 28.7 Å². The van der Waals surface area contributed by atoms with Gasteiger partial charge >= 0.3 is 12.1 Å². The van der Waals surface area contributed by atoms with Gasteiger partial charge in [0.05, 0.1) is 6.42 Å². The zero-order chi connectivity index (χ0) is 23.4. The first kappa shape index (κ1) is 22.6. The Hall–Kier alpha value is -3.61. The van der Waals surface area contributed by atoms with Crippen molar-refractivity contribution >= 4 is 18.0 Å². The second-order valence-electron chi connectivity index (χ2n) is 8.47. The first-order valence-corrected chi connectivity index (χ1v) is 11.2. The average Bonchev–Trinajstić information content (AvgIpc) is 3.39. The first-order valence-electron chi connectivity index (χ1n) is 11.2. The third-order valence-electron chi connectivity index (χ3n) is 6.41. The maximum atomic E-state index is 13.1. The van der Waals surface area contributed by atoms with Crippen molar-refractivity contribution in [2.45, 2.75) is 43.7 Å². The van der Waals surface area contributed by atoms with E-state index in [2.05, 4.69) is 24.0 Å². The lowest BCUT2D eigenvalue weighted by Crippen LogP contribution is -2.50. The number of rotatable bonds is 8. The van der Waals surface area contributed by atoms with Crippen molar-refractivity contribution in [1.82, 2.24) is 10.2 Å². The molecule has 2 atom stereocenters. The van der Waals surface area contributed by atoms with Crippen LogP contribution in [0.2, 0.25) is 0 Å². The van der Waals surface area contributed by atoms with Gasteiger partial charge in [-0.25, -0.2) is 4.79 Å². The Labute approximate surface area is 193 Å². The van der Waals surface area contributed by atoms with Crippen LogP contribution in [0.25, 0.3) is 11.1 Å². The molecule has 7 heteroatoms. The van der Waals surface area contributed by atoms with Crippen LogP contribution in [0.3, 0.4) is 0 Å². The van der Waals surface area contributed by atoms with Crippen LogP contribution in [0.5, 0.6) is 0 Å². The van der Waals surface area contributed by atoms with Gasteiger partial charge in [0, 0.05) is 18.5 Å². The van der Waals surface area contributed by atoms with Crippen molar-refractivity contribution in [2.24, 2.45) is 0 Å². The van der Waals surface area contributed by atoms with E-state index >= 15 is 0 Å². The first-order chi connectivity index (χ1) is 16.0. The number of likely N-dealkylation sites (tertiary alicyclic amines) is 1. The summed E-state index contributed by atoms with van der Waals surface area (Å²) in [6, 6.07) is 15.0. The quantitative estimate of drug-likeness (QED) is 0.597. The van der Waals surface area contributed by atoms with E-state index in [1.165, 1.54) is 0 Å². The van der Waals surface area contributed by atoms with Crippen LogP contribution in [0, 0.1) is 0 Å². The number of aliphatic carboxylic acids is 1. The minimum absolute atomic E-state index is 0.0739. The molecule has 1 heterocycles. The Balaban J connectivity index is 1.41. The number of alkyl carbamates (subject to hydrolysis) is 1. The molecule has 2 amide bonds. The molecule has 2 aromatic carbocycles. The highest BCUT2D eigenvalue weighted by molar-refractivity contribution is 5.87. The number of ether oxygens (including phenoxy) is 1. The van der Waals surface area contributed by atoms with E-state index in [4.69, 9.17) is 9.84 Å². The largest absolute Gasteiger partial charge is 0.481 e. The SMILES string of the molecule is C=CCC(NC(=O)OCC1c2ccccc2-c2ccccc21)C(=O)N1CCC[C@H]1CC(=O)O. The molecule has 1 aliphatic heterocycles. The van der Waals surface area contributed by atoms with E-state index < -0.39 is 18.1 Å². The van der Waals surface area contributed by atoms with Crippen LogP contribution >= 0.6 is 0 Å². The third-order valence-corrected chi connectivity index (χ3v) is 6.41. The smallest absolute Gasteiger partial charge is 0.407 e. The predicted octanol–water partition coefficient (Wildman–Crippen LogP) is 3.94. The number of carboxylic acid groups (broad SMARTS) is 1. The van der Waals surface area contributed by atoms with E-state index in [-0.39, 0.29) is 37.3 Å². The van der Waals surface area contributed by atoms with Crippen LogP contribution in [0.4, 0.5) is 4.79 Å². The zero-order valence-electron chi connectivity index (χ0n) is 18.4. The van der Waals surface area contributed by atoms with Crippen molar-refractivity contribution in [2.75, 3.05) is 13.2 Å². The Morgan fingerprint density at radius 1 is 1.12 bits per heavy atom. The van der Waals surface area contributed by atoms with Gasteiger partial charge in [0.2, 0.25) is 5.91 Å². The summed E-state index contributed by atoms with van der Waals surface area (Å²) in [6.07, 6.45) is 2.41. The monoisotopic (exact) mass is 448 g/mol. The number of hydrogen-bond acceptors (Lipinski definition) is 4. The van der Waals surface area contributed by atoms with E-state index in [1.54, 1.807) is 11.0 Å². The molecule has 0 saturated carbocycles. The number of hydrogen-bond donors (Lipinski definition) is 2. The molecule has 0 aromatic heterocycles. The summed E-state index contributed by atoms with van der Waals surface area (Å²) in [5.74, 6) is -1.31. The third kappa shape index (κ3) is 4.77. The molecule has 1 aliphatic carbocycles. The predicted molar refractivity (Wildman–Crippen MR) is 124 cm³/mol. The van der Waals surface area contributed by atoms with Crippen molar-refractivity contribution in [3.8, 4) is 11.1 Å². The van der Waals surface area contributed by atoms with E-state index in [0.29, 0.717) is 13.0 Å². The summed E-state index contributed by atoms with van der Waals surface area (Å²) in [5, 5.41) is 11.8. The number of carbonyl (C=O) groups is 3. The molecule has 0 spiro atoms. The van der Waals surface area contributed by atoms with Crippen molar-refractivity contribution in [1.29, 1.82) is 0 Å². The molecule has 1 unspecified atom stereocenters. The van der Waals surface area contributed by atoms with Crippen molar-refractivity contribution < 1.29 is 24.2 Å². The van der Waals surface area contributed by atoms with Gasteiger partial charge in [0.25, 0.3) is 0 Å². The summed E-state index contributed by atoms with van der Waals surface area (Å²) < 4.78 is 5.57. The molecular formula is C26H28N2O5. The molecule has 2 N–H and O–H groups in total. The Kier molecular flexibility index (Phi) is 6.77. The highest BCUT2D eigenvalue weighted by Gasteiger charge is 2.35. The molecule has 7 nitrogen and oxygen atoms in total. The number of fused-ring (bicyclic) bond motifs is 3. The number of nitrogens with one attached hydrogen (secondary N) is 1. The zero-order valence-corrected chi connectivity index (χ0v) is 18.4. The van der Waals surface area contributed by atoms with Gasteiger partial charge in [-0.15, -0.1) is 6.58 Å². The molecule has 172 valence electrons. The second kappa shape index (κ2) is 9.90. The second-order valence-corrected chi connectivity index (χ2v) is 8.47. The van der Waals surface area contributed by atoms with E-state index in [9.17, 15) is 14.4 Å². The molecule has 2 aromatic rings. The van der Waals surface area contributed by atoms with Gasteiger partial charge in [0.15, 0.2) is 0 Å². The summed E-state index contributed by atoms with van der Waals surface area (Å²) in [5.41, 5.74) is 4.50. The molecule has 0 radical (unpaired) electrons. The lowest BCUT2D eigenvalue weighted by Gasteiger charge is -2.28. The topological polar surface area (TPSA) is 95.9 Å². The van der Waals surface area contributed by atoms with Gasteiger partial charge in [-0.1, -0.05) is 54.6 Å². The molecule has 0 bridgehead atoms. The lowest BCUT2D eigenvalue weighted by atomic mass is 9.98. The number of nitrogens with zero attached hydrogens (tertiary/aromatic N) is 1. The maximum Gasteiger partial charge on any atom is 0.407 e. The Bertz CT molecular complexity index is 1020.